The molecule has 4 atom stereocenters. The first-order valence-corrected chi connectivity index (χ1v) is 18.8. The predicted octanol–water partition coefficient (Wildman–Crippen LogP) is 2.83. The molecule has 56 heavy (non-hydrogen) atoms. The van der Waals surface area contributed by atoms with Crippen LogP contribution in [0.25, 0.3) is 0 Å². The molecule has 0 spiro atoms. The number of esters is 1. The number of phenolic OH excluding ortho intramolecular Hbond substituents is 1. The van der Waals surface area contributed by atoms with Gasteiger partial charge in [-0.3, -0.25) is 33.8 Å². The Hall–Kier alpha value is -5.06. The number of phenols is 1. The van der Waals surface area contributed by atoms with Crippen LogP contribution in [0.3, 0.4) is 0 Å². The Labute approximate surface area is 329 Å². The van der Waals surface area contributed by atoms with Gasteiger partial charge in [0.2, 0.25) is 11.8 Å². The van der Waals surface area contributed by atoms with Crippen molar-refractivity contribution in [2.24, 2.45) is 22.4 Å². The number of nitrogens with two attached hydrogens (primary N) is 2. The molecule has 0 saturated heterocycles. The largest absolute Gasteiger partial charge is 0.508 e. The third kappa shape index (κ3) is 22.4. The third-order valence-electron chi connectivity index (χ3n) is 7.99. The molecule has 3 amide bonds. The molecule has 0 aliphatic heterocycles. The van der Waals surface area contributed by atoms with Crippen LogP contribution in [0.15, 0.2) is 29.3 Å². The van der Waals surface area contributed by atoms with Crippen molar-refractivity contribution in [3.05, 3.63) is 29.8 Å². The van der Waals surface area contributed by atoms with E-state index in [2.05, 4.69) is 20.9 Å². The minimum atomic E-state index is -1.36. The van der Waals surface area contributed by atoms with Crippen LogP contribution < -0.4 is 27.4 Å². The number of carboxylic acids is 1. The van der Waals surface area contributed by atoms with Gasteiger partial charge in [-0.05, 0) is 98.3 Å². The molecule has 314 valence electrons. The summed E-state index contributed by atoms with van der Waals surface area (Å²) >= 11 is 0. The Kier molecular flexibility index (Phi) is 20.8. The van der Waals surface area contributed by atoms with Crippen LogP contribution in [0.5, 0.6) is 5.75 Å². The molecule has 0 aliphatic carbocycles. The number of hydrogen-bond acceptors (Lipinski definition) is 12. The van der Waals surface area contributed by atoms with Crippen LogP contribution in [0.2, 0.25) is 0 Å². The number of alkyl carbamates (subject to hydrolysis) is 1. The number of unbranched alkanes of at least 4 members (excludes halogenated alkanes) is 1. The fourth-order valence-corrected chi connectivity index (χ4v) is 5.34. The predicted molar refractivity (Wildman–Crippen MR) is 209 cm³/mol. The first kappa shape index (κ1) is 49.0. The number of benzene rings is 1. The number of rotatable bonds is 24. The van der Waals surface area contributed by atoms with Crippen molar-refractivity contribution in [2.75, 3.05) is 13.1 Å². The van der Waals surface area contributed by atoms with Gasteiger partial charge in [0.05, 0.1) is 36.8 Å². The summed E-state index contributed by atoms with van der Waals surface area (Å²) in [6.07, 6.45) is -0.887. The van der Waals surface area contributed by atoms with Crippen molar-refractivity contribution in [1.29, 1.82) is 0 Å². The summed E-state index contributed by atoms with van der Waals surface area (Å²) in [6, 6.07) is 2.31. The zero-order valence-corrected chi connectivity index (χ0v) is 33.8. The van der Waals surface area contributed by atoms with Crippen molar-refractivity contribution in [2.45, 2.75) is 142 Å². The molecule has 0 heterocycles. The maximum Gasteiger partial charge on any atom is 0.407 e. The van der Waals surface area contributed by atoms with Crippen LogP contribution >= 0.6 is 0 Å². The molecule has 0 radical (unpaired) electrons. The summed E-state index contributed by atoms with van der Waals surface area (Å²) < 4.78 is 10.5. The van der Waals surface area contributed by atoms with Gasteiger partial charge in [0, 0.05) is 31.8 Å². The Morgan fingerprint density at radius 3 is 1.96 bits per heavy atom. The highest BCUT2D eigenvalue weighted by Crippen LogP contribution is 2.19. The van der Waals surface area contributed by atoms with Crippen molar-refractivity contribution in [1.82, 2.24) is 16.0 Å². The summed E-state index contributed by atoms with van der Waals surface area (Å²) in [6.45, 7) is 12.3. The highest BCUT2D eigenvalue weighted by atomic mass is 16.6. The summed E-state index contributed by atoms with van der Waals surface area (Å²) in [5.74, 6) is -5.08. The molecule has 0 bridgehead atoms. The van der Waals surface area contributed by atoms with Crippen molar-refractivity contribution >= 4 is 47.2 Å². The molecule has 0 fully saturated rings. The molecule has 1 aromatic rings. The van der Waals surface area contributed by atoms with Crippen LogP contribution in [-0.4, -0.2) is 99.9 Å². The second kappa shape index (κ2) is 23.8. The number of Topliss-reactive ketones (excluding diaryl/α,β-unsaturated/α-hetero) is 2. The number of aliphatic carboxylic acids is 1. The second-order valence-electron chi connectivity index (χ2n) is 15.7. The Morgan fingerprint density at radius 2 is 1.39 bits per heavy atom. The van der Waals surface area contributed by atoms with Gasteiger partial charge in [-0.15, -0.1) is 0 Å². The average molecular weight is 791 g/mol. The van der Waals surface area contributed by atoms with E-state index in [0.717, 1.165) is 0 Å². The lowest BCUT2D eigenvalue weighted by molar-refractivity contribution is -0.156. The Morgan fingerprint density at radius 1 is 0.786 bits per heavy atom. The maximum absolute atomic E-state index is 14.1. The zero-order chi connectivity index (χ0) is 42.6. The number of carbonyl (C=O) groups excluding carboxylic acids is 6. The van der Waals surface area contributed by atoms with Gasteiger partial charge in [-0.25, -0.2) is 4.79 Å². The van der Waals surface area contributed by atoms with E-state index in [1.54, 1.807) is 60.6 Å². The van der Waals surface area contributed by atoms with Crippen LogP contribution in [-0.2, 0) is 44.7 Å². The fraction of sp³-hybridized carbons (Fsp3) is 0.641. The van der Waals surface area contributed by atoms with Crippen molar-refractivity contribution in [3.63, 3.8) is 0 Å². The molecule has 1 rings (SSSR count). The Bertz CT molecular complexity index is 1510. The quantitative estimate of drug-likeness (QED) is 0.0344. The molecule has 17 nitrogen and oxygen atoms in total. The van der Waals surface area contributed by atoms with E-state index in [4.69, 9.17) is 26.0 Å². The molecule has 0 aromatic heterocycles. The SMILES string of the molecule is CC(N)=NCCC[C@H](NC(=O)[C@H](CCCCNC(=O)OC(C)(C)C)CC(=O)[C@@H](Cc1ccc(O)cc1)NC(=O)[C@@H](N)CC(=O)OC(C)(C)C)C(=O)CCC(=O)O. The van der Waals surface area contributed by atoms with Gasteiger partial charge >= 0.3 is 18.0 Å². The first-order valence-electron chi connectivity index (χ1n) is 18.8. The van der Waals surface area contributed by atoms with E-state index in [1.807, 2.05) is 0 Å². The van der Waals surface area contributed by atoms with E-state index < -0.39 is 89.5 Å². The molecular weight excluding hydrogens is 728 g/mol. The lowest BCUT2D eigenvalue weighted by atomic mass is 9.89. The maximum atomic E-state index is 14.1. The molecule has 0 aliphatic rings. The number of amides is 3. The average Bonchev–Trinajstić information content (AvgIpc) is 3.06. The van der Waals surface area contributed by atoms with Gasteiger partial charge in [0.25, 0.3) is 0 Å². The number of aliphatic imine (C=N–C) groups is 1. The smallest absolute Gasteiger partial charge is 0.407 e. The number of nitrogens with one attached hydrogen (secondary N) is 3. The number of ketones is 2. The monoisotopic (exact) mass is 790 g/mol. The number of carbonyl (C=O) groups is 7. The highest BCUT2D eigenvalue weighted by molar-refractivity contribution is 5.96. The second-order valence-corrected chi connectivity index (χ2v) is 15.7. The van der Waals surface area contributed by atoms with Crippen molar-refractivity contribution in [3.8, 4) is 5.75 Å². The first-order chi connectivity index (χ1) is 26.0. The summed E-state index contributed by atoms with van der Waals surface area (Å²) in [7, 11) is 0. The number of aromatic hydroxyl groups is 1. The minimum absolute atomic E-state index is 0.0182. The Balaban J connectivity index is 3.35. The fourth-order valence-electron chi connectivity index (χ4n) is 5.34. The number of ether oxygens (including phenoxy) is 2. The van der Waals surface area contributed by atoms with E-state index >= 15 is 0 Å². The normalized spacial score (nSPS) is 14.0. The summed E-state index contributed by atoms with van der Waals surface area (Å²) in [5.41, 5.74) is 10.7. The topological polar surface area (TPSA) is 279 Å². The molecule has 1 aromatic carbocycles. The van der Waals surface area contributed by atoms with Gasteiger partial charge in [-0.2, -0.15) is 0 Å². The lowest BCUT2D eigenvalue weighted by Crippen LogP contribution is -2.51. The number of hydrogen-bond donors (Lipinski definition) is 7. The summed E-state index contributed by atoms with van der Waals surface area (Å²) in [5, 5.41) is 26.9. The van der Waals surface area contributed by atoms with Crippen LogP contribution in [0, 0.1) is 5.92 Å². The van der Waals surface area contributed by atoms with Crippen LogP contribution in [0.4, 0.5) is 4.79 Å². The van der Waals surface area contributed by atoms with Gasteiger partial charge in [0.15, 0.2) is 11.6 Å². The standard InChI is InChI=1S/C39H62N6O11/c1-24(40)42-20-10-12-29(31(47)17-18-33(49)50)44-35(52)26(11-8-9-19-43-37(54)56-39(5,6)7)22-32(48)30(21-25-13-15-27(46)16-14-25)45-36(53)28(41)23-34(51)55-38(2,3)4/h13-16,26,28-30,46H,8-12,17-23,41H2,1-7H3,(H2,40,42)(H,43,54)(H,44,52)(H,45,53)(H,49,50)/t26-,28+,29+,30-/m1/s1. The van der Waals surface area contributed by atoms with Gasteiger partial charge in [0.1, 0.15) is 17.0 Å². The molecule has 0 unspecified atom stereocenters. The van der Waals surface area contributed by atoms with Gasteiger partial charge in [-0.1, -0.05) is 18.6 Å². The molecule has 9 N–H and O–H groups in total. The highest BCUT2D eigenvalue weighted by Gasteiger charge is 2.32. The van der Waals surface area contributed by atoms with E-state index in [0.29, 0.717) is 30.7 Å². The van der Waals surface area contributed by atoms with E-state index in [9.17, 15) is 38.7 Å². The number of nitrogens with zero attached hydrogens (tertiary/aromatic N) is 1. The number of carboxylic acid groups (broad SMARTS) is 1. The lowest BCUT2D eigenvalue weighted by Gasteiger charge is -2.25. The molecular formula is C39H62N6O11. The molecule has 17 heteroatoms. The van der Waals surface area contributed by atoms with Gasteiger partial charge < -0.3 is 47.1 Å². The van der Waals surface area contributed by atoms with Crippen LogP contribution in [0.1, 0.15) is 112 Å². The summed E-state index contributed by atoms with van der Waals surface area (Å²) in [4.78, 5) is 94.2. The zero-order valence-electron chi connectivity index (χ0n) is 33.8. The van der Waals surface area contributed by atoms with E-state index in [-0.39, 0.29) is 50.9 Å². The van der Waals surface area contributed by atoms with E-state index in [1.165, 1.54) is 12.1 Å². The third-order valence-corrected chi connectivity index (χ3v) is 7.99. The van der Waals surface area contributed by atoms with Crippen molar-refractivity contribution < 1.29 is 53.2 Å². The molecule has 0 saturated carbocycles. The minimum Gasteiger partial charge on any atom is -0.508 e. The number of amidine groups is 1.